The monoisotopic (exact) mass is 336 g/mol. The lowest BCUT2D eigenvalue weighted by atomic mass is 10.3. The fourth-order valence-electron chi connectivity index (χ4n) is 1.28. The van der Waals surface area contributed by atoms with E-state index in [0.29, 0.717) is 0 Å². The van der Waals surface area contributed by atoms with Gasteiger partial charge in [0.05, 0.1) is 10.6 Å². The molecule has 0 atom stereocenters. The van der Waals surface area contributed by atoms with Crippen molar-refractivity contribution in [1.82, 2.24) is 15.0 Å². The summed E-state index contributed by atoms with van der Waals surface area (Å²) in [5.74, 6) is -0.386. The number of nitrogens with one attached hydrogen (secondary N) is 1. The number of halogens is 2. The average Bonchev–Trinajstić information content (AvgIpc) is 2.29. The molecule has 0 spiro atoms. The molecule has 0 bridgehead atoms. The Balaban J connectivity index is 2.42. The maximum atomic E-state index is 11.0. The minimum atomic E-state index is -4.41. The van der Waals surface area contributed by atoms with Crippen molar-refractivity contribution in [3.63, 3.8) is 0 Å². The van der Waals surface area contributed by atoms with E-state index in [1.165, 1.54) is 0 Å². The number of hydrogen-bond donors (Lipinski definition) is 3. The van der Waals surface area contributed by atoms with Crippen molar-refractivity contribution >= 4 is 45.0 Å². The van der Waals surface area contributed by atoms with Gasteiger partial charge in [-0.1, -0.05) is 0 Å². The van der Waals surface area contributed by atoms with Crippen molar-refractivity contribution in [1.29, 1.82) is 0 Å². The van der Waals surface area contributed by atoms with Gasteiger partial charge in [-0.25, -0.2) is 0 Å². The highest BCUT2D eigenvalue weighted by molar-refractivity contribution is 7.85. The Labute approximate surface area is 123 Å². The van der Waals surface area contributed by atoms with Gasteiger partial charge in [0.15, 0.2) is 0 Å². The van der Waals surface area contributed by atoms with E-state index in [0.717, 1.165) is 18.2 Å². The summed E-state index contributed by atoms with van der Waals surface area (Å²) in [6.07, 6.45) is 0. The predicted octanol–water partition coefficient (Wildman–Crippen LogP) is 1.87. The summed E-state index contributed by atoms with van der Waals surface area (Å²) >= 11 is 11.1. The maximum absolute atomic E-state index is 11.0. The van der Waals surface area contributed by atoms with Gasteiger partial charge in [0.2, 0.25) is 16.5 Å². The number of benzene rings is 1. The van der Waals surface area contributed by atoms with Crippen LogP contribution in [0.3, 0.4) is 0 Å². The van der Waals surface area contributed by atoms with Crippen molar-refractivity contribution in [3.8, 4) is 5.75 Å². The SMILES string of the molecule is O=S(=O)(O)c1ccc(O)c(Nc2nc(Cl)nc(Cl)n2)c1. The Hall–Kier alpha value is -1.68. The average molecular weight is 337 g/mol. The van der Waals surface area contributed by atoms with Crippen molar-refractivity contribution in [2.24, 2.45) is 0 Å². The van der Waals surface area contributed by atoms with E-state index in [9.17, 15) is 13.5 Å². The zero-order chi connectivity index (χ0) is 14.9. The second-order valence-electron chi connectivity index (χ2n) is 3.48. The van der Waals surface area contributed by atoms with Crippen LogP contribution in [0.4, 0.5) is 11.6 Å². The Kier molecular flexibility index (Phi) is 3.95. The Morgan fingerprint density at radius 2 is 1.70 bits per heavy atom. The van der Waals surface area contributed by atoms with E-state index in [2.05, 4.69) is 20.3 Å². The summed E-state index contributed by atoms with van der Waals surface area (Å²) in [6, 6.07) is 3.11. The third-order valence-electron chi connectivity index (χ3n) is 2.09. The van der Waals surface area contributed by atoms with Gasteiger partial charge in [-0.05, 0) is 41.4 Å². The second kappa shape index (κ2) is 5.37. The summed E-state index contributed by atoms with van der Waals surface area (Å²) in [5.41, 5.74) is -0.0570. The van der Waals surface area contributed by atoms with Crippen LogP contribution < -0.4 is 5.32 Å². The molecule has 0 saturated heterocycles. The minimum absolute atomic E-state index is 0.0570. The molecule has 0 radical (unpaired) electrons. The van der Waals surface area contributed by atoms with Gasteiger partial charge in [0.1, 0.15) is 5.75 Å². The first kappa shape index (κ1) is 14.7. The van der Waals surface area contributed by atoms with Crippen molar-refractivity contribution in [3.05, 3.63) is 28.8 Å². The van der Waals surface area contributed by atoms with Crippen molar-refractivity contribution in [2.45, 2.75) is 4.90 Å². The summed E-state index contributed by atoms with van der Waals surface area (Å²) in [5, 5.41) is 11.8. The van der Waals surface area contributed by atoms with Crippen LogP contribution in [0.2, 0.25) is 10.6 Å². The highest BCUT2D eigenvalue weighted by Gasteiger charge is 2.14. The third-order valence-corrected chi connectivity index (χ3v) is 3.28. The molecule has 0 aliphatic heterocycles. The smallest absolute Gasteiger partial charge is 0.294 e. The Morgan fingerprint density at radius 3 is 2.25 bits per heavy atom. The molecule has 0 aliphatic carbocycles. The highest BCUT2D eigenvalue weighted by Crippen LogP contribution is 2.28. The minimum Gasteiger partial charge on any atom is -0.506 e. The molecule has 1 heterocycles. The molecule has 106 valence electrons. The first-order chi connectivity index (χ1) is 9.25. The van der Waals surface area contributed by atoms with Crippen LogP contribution in [0.1, 0.15) is 0 Å². The molecule has 1 aromatic heterocycles. The molecule has 0 saturated carbocycles. The lowest BCUT2D eigenvalue weighted by Crippen LogP contribution is -2.02. The summed E-state index contributed by atoms with van der Waals surface area (Å²) in [7, 11) is -4.41. The molecule has 0 amide bonds. The van der Waals surface area contributed by atoms with E-state index in [1.807, 2.05) is 0 Å². The first-order valence-electron chi connectivity index (χ1n) is 4.90. The van der Waals surface area contributed by atoms with Gasteiger partial charge in [-0.15, -0.1) is 0 Å². The lowest BCUT2D eigenvalue weighted by molar-refractivity contribution is 0.475. The molecule has 3 N–H and O–H groups in total. The number of aromatic nitrogens is 3. The number of nitrogens with zero attached hydrogens (tertiary/aromatic N) is 3. The highest BCUT2D eigenvalue weighted by atomic mass is 35.5. The number of aromatic hydroxyl groups is 1. The van der Waals surface area contributed by atoms with Crippen LogP contribution >= 0.6 is 23.2 Å². The summed E-state index contributed by atoms with van der Waals surface area (Å²) < 4.78 is 31.0. The fourth-order valence-corrected chi connectivity index (χ4v) is 2.15. The topological polar surface area (TPSA) is 125 Å². The van der Waals surface area contributed by atoms with E-state index in [1.54, 1.807) is 0 Å². The van der Waals surface area contributed by atoms with Gasteiger partial charge < -0.3 is 10.4 Å². The molecular weight excluding hydrogens is 331 g/mol. The van der Waals surface area contributed by atoms with Crippen LogP contribution in [-0.4, -0.2) is 33.0 Å². The largest absolute Gasteiger partial charge is 0.506 e. The number of hydrogen-bond acceptors (Lipinski definition) is 7. The van der Waals surface area contributed by atoms with Gasteiger partial charge in [-0.2, -0.15) is 23.4 Å². The second-order valence-corrected chi connectivity index (χ2v) is 5.57. The van der Waals surface area contributed by atoms with Gasteiger partial charge in [-0.3, -0.25) is 4.55 Å². The van der Waals surface area contributed by atoms with Crippen LogP contribution in [-0.2, 0) is 10.1 Å². The maximum Gasteiger partial charge on any atom is 0.294 e. The summed E-state index contributed by atoms with van der Waals surface area (Å²) in [6.45, 7) is 0. The molecule has 0 unspecified atom stereocenters. The van der Waals surface area contributed by atoms with E-state index in [4.69, 9.17) is 27.8 Å². The number of rotatable bonds is 3. The van der Waals surface area contributed by atoms with Gasteiger partial charge in [0.25, 0.3) is 10.1 Å². The molecule has 8 nitrogen and oxygen atoms in total. The Morgan fingerprint density at radius 1 is 1.10 bits per heavy atom. The lowest BCUT2D eigenvalue weighted by Gasteiger charge is -2.08. The van der Waals surface area contributed by atoms with E-state index >= 15 is 0 Å². The van der Waals surface area contributed by atoms with E-state index in [-0.39, 0.29) is 28.0 Å². The normalized spacial score (nSPS) is 11.3. The fraction of sp³-hybridized carbons (Fsp3) is 0. The molecule has 11 heteroatoms. The van der Waals surface area contributed by atoms with Crippen LogP contribution in [0, 0.1) is 0 Å². The number of phenolic OH excluding ortho intramolecular Hbond substituents is 1. The van der Waals surface area contributed by atoms with Gasteiger partial charge in [0, 0.05) is 0 Å². The molecular formula is C9H6Cl2N4O4S. The summed E-state index contributed by atoms with van der Waals surface area (Å²) in [4.78, 5) is 10.5. The zero-order valence-electron chi connectivity index (χ0n) is 9.45. The van der Waals surface area contributed by atoms with Gasteiger partial charge >= 0.3 is 0 Å². The molecule has 2 aromatic rings. The van der Waals surface area contributed by atoms with Crippen LogP contribution in [0.5, 0.6) is 5.75 Å². The molecule has 20 heavy (non-hydrogen) atoms. The quantitative estimate of drug-likeness (QED) is 0.572. The number of anilines is 2. The first-order valence-corrected chi connectivity index (χ1v) is 7.10. The standard InChI is InChI=1S/C9H6Cl2N4O4S/c10-7-13-8(11)15-9(14-7)12-5-3-4(20(17,18)19)1-2-6(5)16/h1-3,16H,(H,17,18,19)(H,12,13,14,15). The van der Waals surface area contributed by atoms with E-state index < -0.39 is 15.0 Å². The molecule has 2 rings (SSSR count). The third kappa shape index (κ3) is 3.45. The van der Waals surface area contributed by atoms with Crippen molar-refractivity contribution < 1.29 is 18.1 Å². The molecule has 0 fully saturated rings. The zero-order valence-corrected chi connectivity index (χ0v) is 11.8. The molecule has 0 aliphatic rings. The van der Waals surface area contributed by atoms with Crippen LogP contribution in [0.15, 0.2) is 23.1 Å². The Bertz CT molecular complexity index is 748. The van der Waals surface area contributed by atoms with Crippen molar-refractivity contribution in [2.75, 3.05) is 5.32 Å². The van der Waals surface area contributed by atoms with Crippen LogP contribution in [0.25, 0.3) is 0 Å². The predicted molar refractivity (Wildman–Crippen MR) is 71.1 cm³/mol. The molecule has 1 aromatic carbocycles. The number of phenols is 1.